The molecule has 128 valence electrons. The van der Waals surface area contributed by atoms with Gasteiger partial charge in [0.15, 0.2) is 0 Å². The standard InChI is InChI=1S/C15H28N2O5/c1-14-4-15(2)7-16(5-14)13(17(6-14)8-15)12(22)11(21)10(20)9(19)3-18/h9-13,18-22H,3-8H2,1-2H3/t9-,10+,11+,12+,13?,14?,15?/m0/s1. The van der Waals surface area contributed by atoms with Crippen molar-refractivity contribution >= 4 is 0 Å². The first-order chi connectivity index (χ1) is 10.2. The van der Waals surface area contributed by atoms with Gasteiger partial charge < -0.3 is 25.5 Å². The van der Waals surface area contributed by atoms with Crippen LogP contribution < -0.4 is 0 Å². The summed E-state index contributed by atoms with van der Waals surface area (Å²) in [5, 5.41) is 49.0. The maximum absolute atomic E-state index is 10.5. The lowest BCUT2D eigenvalue weighted by molar-refractivity contribution is -0.237. The van der Waals surface area contributed by atoms with Crippen LogP contribution in [0.3, 0.4) is 0 Å². The van der Waals surface area contributed by atoms with E-state index in [1.54, 1.807) is 0 Å². The zero-order chi connectivity index (χ0) is 16.3. The Balaban J connectivity index is 1.76. The number of hydrogen-bond acceptors (Lipinski definition) is 7. The summed E-state index contributed by atoms with van der Waals surface area (Å²) in [5.41, 5.74) is 0.408. The molecule has 0 radical (unpaired) electrons. The summed E-state index contributed by atoms with van der Waals surface area (Å²) in [4.78, 5) is 4.37. The second-order valence-electron chi connectivity index (χ2n) is 8.24. The summed E-state index contributed by atoms with van der Waals surface area (Å²) in [6.07, 6.45) is -4.89. The van der Waals surface area contributed by atoms with E-state index in [0.717, 1.165) is 26.2 Å². The van der Waals surface area contributed by atoms with Gasteiger partial charge in [0.05, 0.1) is 12.8 Å². The van der Waals surface area contributed by atoms with E-state index < -0.39 is 31.0 Å². The van der Waals surface area contributed by atoms with Crippen LogP contribution in [0.1, 0.15) is 20.3 Å². The Bertz CT molecular complexity index is 398. The van der Waals surface area contributed by atoms with Crippen LogP contribution in [0.25, 0.3) is 0 Å². The molecule has 0 aliphatic carbocycles. The smallest absolute Gasteiger partial charge is 0.111 e. The molecule has 0 amide bonds. The third-order valence-electron chi connectivity index (χ3n) is 5.53. The normalized spacial score (nSPS) is 49.0. The summed E-state index contributed by atoms with van der Waals surface area (Å²) in [6.45, 7) is 7.33. The van der Waals surface area contributed by atoms with Gasteiger partial charge in [-0.15, -0.1) is 0 Å². The maximum Gasteiger partial charge on any atom is 0.111 e. The van der Waals surface area contributed by atoms with Crippen molar-refractivity contribution < 1.29 is 25.5 Å². The highest BCUT2D eigenvalue weighted by atomic mass is 16.4. The number of rotatable bonds is 5. The lowest BCUT2D eigenvalue weighted by atomic mass is 9.63. The molecule has 0 aromatic rings. The molecule has 4 rings (SSSR count). The average molecular weight is 316 g/mol. The van der Waals surface area contributed by atoms with E-state index in [2.05, 4.69) is 23.6 Å². The highest BCUT2D eigenvalue weighted by Gasteiger charge is 2.58. The van der Waals surface area contributed by atoms with Crippen LogP contribution in [0.2, 0.25) is 0 Å². The zero-order valence-electron chi connectivity index (χ0n) is 13.3. The summed E-state index contributed by atoms with van der Waals surface area (Å²) >= 11 is 0. The monoisotopic (exact) mass is 316 g/mol. The molecule has 4 aliphatic heterocycles. The molecule has 4 aliphatic rings. The number of hydrogen-bond donors (Lipinski definition) is 5. The maximum atomic E-state index is 10.5. The molecule has 0 aromatic carbocycles. The number of piperidine rings is 2. The van der Waals surface area contributed by atoms with Gasteiger partial charge in [0.1, 0.15) is 24.4 Å². The van der Waals surface area contributed by atoms with Gasteiger partial charge in [-0.2, -0.15) is 0 Å². The lowest BCUT2D eigenvalue weighted by Gasteiger charge is -2.67. The van der Waals surface area contributed by atoms with Gasteiger partial charge in [-0.1, -0.05) is 13.8 Å². The van der Waals surface area contributed by atoms with E-state index in [4.69, 9.17) is 5.11 Å². The Morgan fingerprint density at radius 3 is 1.77 bits per heavy atom. The van der Waals surface area contributed by atoms with E-state index in [0.29, 0.717) is 0 Å². The van der Waals surface area contributed by atoms with Crippen molar-refractivity contribution in [1.82, 2.24) is 9.80 Å². The average Bonchev–Trinajstić information content (AvgIpc) is 2.41. The number of aliphatic hydroxyl groups is 5. The first kappa shape index (κ1) is 16.6. The molecule has 7 heteroatoms. The largest absolute Gasteiger partial charge is 0.394 e. The van der Waals surface area contributed by atoms with Crippen molar-refractivity contribution in [2.24, 2.45) is 10.8 Å². The SMILES string of the molecule is CC12CN3CC(C)(CN(C1)C3[C@H](O)[C@H](O)[C@H](O)[C@@H](O)CO)C2. The molecule has 4 atom stereocenters. The molecule has 5 N–H and O–H groups in total. The summed E-state index contributed by atoms with van der Waals surface area (Å²) in [7, 11) is 0. The van der Waals surface area contributed by atoms with Gasteiger partial charge in [-0.25, -0.2) is 0 Å². The molecule has 4 fully saturated rings. The predicted molar refractivity (Wildman–Crippen MR) is 78.9 cm³/mol. The second-order valence-corrected chi connectivity index (χ2v) is 8.24. The highest BCUT2D eigenvalue weighted by Crippen LogP contribution is 2.51. The fourth-order valence-corrected chi connectivity index (χ4v) is 5.18. The Hall–Kier alpha value is -0.280. The lowest BCUT2D eigenvalue weighted by Crippen LogP contribution is -2.77. The fraction of sp³-hybridized carbons (Fsp3) is 1.00. The topological polar surface area (TPSA) is 108 Å². The third-order valence-corrected chi connectivity index (χ3v) is 5.53. The van der Waals surface area contributed by atoms with Crippen LogP contribution in [-0.2, 0) is 0 Å². The van der Waals surface area contributed by atoms with Crippen LogP contribution in [-0.4, -0.2) is 98.7 Å². The molecule has 0 unspecified atom stereocenters. The van der Waals surface area contributed by atoms with Gasteiger partial charge in [0.2, 0.25) is 0 Å². The van der Waals surface area contributed by atoms with E-state index >= 15 is 0 Å². The molecule has 7 nitrogen and oxygen atoms in total. The molecule has 4 heterocycles. The molecule has 0 spiro atoms. The van der Waals surface area contributed by atoms with Crippen molar-refractivity contribution in [1.29, 1.82) is 0 Å². The molecule has 0 aromatic heterocycles. The predicted octanol–water partition coefficient (Wildman–Crippen LogP) is -2.20. The van der Waals surface area contributed by atoms with E-state index in [-0.39, 0.29) is 17.0 Å². The fourth-order valence-electron chi connectivity index (χ4n) is 5.18. The van der Waals surface area contributed by atoms with Crippen LogP contribution in [0.15, 0.2) is 0 Å². The number of aliphatic hydroxyl groups excluding tert-OH is 5. The Morgan fingerprint density at radius 2 is 1.36 bits per heavy atom. The molecule has 4 saturated heterocycles. The Labute approximate surface area is 130 Å². The van der Waals surface area contributed by atoms with Crippen LogP contribution in [0, 0.1) is 10.8 Å². The number of nitrogens with zero attached hydrogens (tertiary/aromatic N) is 2. The molecular formula is C15H28N2O5. The van der Waals surface area contributed by atoms with Gasteiger partial charge in [-0.3, -0.25) is 9.80 Å². The zero-order valence-corrected chi connectivity index (χ0v) is 13.3. The van der Waals surface area contributed by atoms with Crippen molar-refractivity contribution in [3.05, 3.63) is 0 Å². The Morgan fingerprint density at radius 1 is 0.909 bits per heavy atom. The van der Waals surface area contributed by atoms with Gasteiger partial charge in [0, 0.05) is 26.2 Å². The van der Waals surface area contributed by atoms with Gasteiger partial charge in [-0.05, 0) is 17.3 Å². The molecular weight excluding hydrogens is 288 g/mol. The van der Waals surface area contributed by atoms with E-state index in [1.165, 1.54) is 6.42 Å². The third kappa shape index (κ3) is 2.58. The first-order valence-electron chi connectivity index (χ1n) is 7.99. The van der Waals surface area contributed by atoms with Crippen LogP contribution >= 0.6 is 0 Å². The second kappa shape index (κ2) is 5.37. The minimum Gasteiger partial charge on any atom is -0.394 e. The van der Waals surface area contributed by atoms with Gasteiger partial charge >= 0.3 is 0 Å². The minimum absolute atomic E-state index is 0.204. The van der Waals surface area contributed by atoms with E-state index in [1.807, 2.05) is 0 Å². The minimum atomic E-state index is -1.56. The molecule has 4 bridgehead atoms. The van der Waals surface area contributed by atoms with Crippen molar-refractivity contribution in [3.63, 3.8) is 0 Å². The summed E-state index contributed by atoms with van der Waals surface area (Å²) in [6, 6.07) is 0. The van der Waals surface area contributed by atoms with E-state index in [9.17, 15) is 20.4 Å². The van der Waals surface area contributed by atoms with Crippen molar-refractivity contribution in [3.8, 4) is 0 Å². The first-order valence-corrected chi connectivity index (χ1v) is 7.99. The van der Waals surface area contributed by atoms with Crippen molar-refractivity contribution in [2.75, 3.05) is 32.8 Å². The van der Waals surface area contributed by atoms with Crippen LogP contribution in [0.4, 0.5) is 0 Å². The quantitative estimate of drug-likeness (QED) is 0.392. The van der Waals surface area contributed by atoms with Gasteiger partial charge in [0.25, 0.3) is 0 Å². The summed E-state index contributed by atoms with van der Waals surface area (Å²) < 4.78 is 0. The summed E-state index contributed by atoms with van der Waals surface area (Å²) in [5.74, 6) is 0. The Kier molecular flexibility index (Phi) is 4.05. The highest BCUT2D eigenvalue weighted by molar-refractivity contribution is 5.09. The molecule has 0 saturated carbocycles. The molecule has 22 heavy (non-hydrogen) atoms. The van der Waals surface area contributed by atoms with Crippen molar-refractivity contribution in [2.45, 2.75) is 50.8 Å². The van der Waals surface area contributed by atoms with Crippen LogP contribution in [0.5, 0.6) is 0 Å².